The van der Waals surface area contributed by atoms with Gasteiger partial charge >= 0.3 is 11.9 Å². The highest BCUT2D eigenvalue weighted by molar-refractivity contribution is 5.96. The molecule has 0 atom stereocenters. The second kappa shape index (κ2) is 15.3. The lowest BCUT2D eigenvalue weighted by Gasteiger charge is -2.10. The summed E-state index contributed by atoms with van der Waals surface area (Å²) in [5.41, 5.74) is 3.19. The van der Waals surface area contributed by atoms with Crippen molar-refractivity contribution in [2.75, 3.05) is 13.7 Å². The van der Waals surface area contributed by atoms with E-state index < -0.39 is 0 Å². The molecule has 2 aromatic carbocycles. The molecule has 0 spiro atoms. The summed E-state index contributed by atoms with van der Waals surface area (Å²) in [5.74, 6) is 0.128. The Bertz CT molecular complexity index is 1370. The van der Waals surface area contributed by atoms with Crippen molar-refractivity contribution < 1.29 is 52.3 Å². The number of halogens is 1. The van der Waals surface area contributed by atoms with Crippen molar-refractivity contribution in [2.24, 2.45) is 7.05 Å². The average molecular weight is 643 g/mol. The van der Waals surface area contributed by atoms with Crippen LogP contribution in [0.5, 0.6) is 5.75 Å². The van der Waals surface area contributed by atoms with Gasteiger partial charge in [-0.05, 0) is 48.7 Å². The van der Waals surface area contributed by atoms with E-state index in [9.17, 15) is 9.59 Å². The van der Waals surface area contributed by atoms with E-state index >= 15 is 0 Å². The monoisotopic (exact) mass is 642 g/mol. The molecule has 0 unspecified atom stereocenters. The minimum atomic E-state index is -0.346. The minimum Gasteiger partial charge on any atom is -1.00 e. The van der Waals surface area contributed by atoms with Gasteiger partial charge in [0.25, 0.3) is 0 Å². The summed E-state index contributed by atoms with van der Waals surface area (Å²) in [4.78, 5) is 24.6. The van der Waals surface area contributed by atoms with Crippen molar-refractivity contribution in [3.63, 3.8) is 0 Å². The molecule has 0 aliphatic heterocycles. The van der Waals surface area contributed by atoms with Crippen LogP contribution < -0.4 is 33.3 Å². The van der Waals surface area contributed by atoms with E-state index in [1.54, 1.807) is 12.3 Å². The van der Waals surface area contributed by atoms with Crippen LogP contribution in [0.15, 0.2) is 79.1 Å². The van der Waals surface area contributed by atoms with Gasteiger partial charge in [-0.25, -0.2) is 14.2 Å². The zero-order valence-corrected chi connectivity index (χ0v) is 24.6. The number of hydrogen-bond acceptors (Lipinski definition) is 5. The molecule has 2 heterocycles. The standard InChI is InChI=1S/C31H35N2O5.HI/c1-32-17-11-14-25(22-32)30(34)37-19-10-5-3-4-9-18-33-28-16-15-27(38-23-24-12-7-6-8-13-24)20-26(28)21-29(33)31(35)36-2;/h6-8,11-17,20-22H,3-5,9-10,18-19,23H2,1-2H3;1H/q+1;/p-1. The largest absolute Gasteiger partial charge is 1.00 e. The SMILES string of the molecule is COC(=O)c1cc2cc(OCc3ccccc3)ccc2n1CCCCCCCOC(=O)c1ccc[n+](C)c1.[I-]. The Morgan fingerprint density at radius 3 is 2.41 bits per heavy atom. The molecule has 4 aromatic rings. The summed E-state index contributed by atoms with van der Waals surface area (Å²) in [6.07, 6.45) is 8.42. The van der Waals surface area contributed by atoms with E-state index in [0.717, 1.165) is 60.9 Å². The predicted molar refractivity (Wildman–Crippen MR) is 145 cm³/mol. The van der Waals surface area contributed by atoms with Crippen molar-refractivity contribution in [3.05, 3.63) is 95.9 Å². The van der Waals surface area contributed by atoms with Gasteiger partial charge in [0.05, 0.1) is 13.7 Å². The van der Waals surface area contributed by atoms with Crippen LogP contribution in [0.2, 0.25) is 0 Å². The molecular weight excluding hydrogens is 607 g/mol. The van der Waals surface area contributed by atoms with Crippen LogP contribution in [0, 0.1) is 0 Å². The molecule has 0 bridgehead atoms. The quantitative estimate of drug-likeness (QED) is 0.0972. The number of fused-ring (bicyclic) bond motifs is 1. The maximum Gasteiger partial charge on any atom is 0.354 e. The fourth-order valence-corrected chi connectivity index (χ4v) is 4.45. The number of carbonyl (C=O) groups excluding carboxylic acids is 2. The maximum atomic E-state index is 12.5. The Morgan fingerprint density at radius 1 is 0.872 bits per heavy atom. The summed E-state index contributed by atoms with van der Waals surface area (Å²) in [7, 11) is 3.28. The van der Waals surface area contributed by atoms with Crippen LogP contribution in [0.25, 0.3) is 10.9 Å². The second-order valence-electron chi connectivity index (χ2n) is 9.33. The molecule has 0 saturated carbocycles. The number of unbranched alkanes of at least 4 members (excludes halogenated alkanes) is 4. The van der Waals surface area contributed by atoms with Crippen molar-refractivity contribution in [1.82, 2.24) is 4.57 Å². The summed E-state index contributed by atoms with van der Waals surface area (Å²) in [5, 5.41) is 0.949. The zero-order valence-electron chi connectivity index (χ0n) is 22.5. The van der Waals surface area contributed by atoms with Gasteiger partial charge in [-0.2, -0.15) is 0 Å². The van der Waals surface area contributed by atoms with Crippen molar-refractivity contribution >= 4 is 22.8 Å². The highest BCUT2D eigenvalue weighted by atomic mass is 127. The third-order valence-corrected chi connectivity index (χ3v) is 6.45. The van der Waals surface area contributed by atoms with Gasteiger partial charge in [0.15, 0.2) is 12.4 Å². The predicted octanol–water partition coefficient (Wildman–Crippen LogP) is 2.64. The summed E-state index contributed by atoms with van der Waals surface area (Å²) >= 11 is 0. The van der Waals surface area contributed by atoms with Gasteiger partial charge in [-0.15, -0.1) is 0 Å². The highest BCUT2D eigenvalue weighted by Gasteiger charge is 2.16. The Kier molecular flexibility index (Phi) is 11.8. The minimum absolute atomic E-state index is 0. The highest BCUT2D eigenvalue weighted by Crippen LogP contribution is 2.26. The molecule has 39 heavy (non-hydrogen) atoms. The molecule has 0 fully saturated rings. The first-order valence-corrected chi connectivity index (χ1v) is 13.1. The number of aryl methyl sites for hydroxylation is 2. The van der Waals surface area contributed by atoms with E-state index in [0.29, 0.717) is 24.5 Å². The third-order valence-electron chi connectivity index (χ3n) is 6.45. The molecule has 206 valence electrons. The van der Waals surface area contributed by atoms with Crippen LogP contribution in [-0.4, -0.2) is 30.2 Å². The number of esters is 2. The number of methoxy groups -OCH3 is 1. The van der Waals surface area contributed by atoms with Crippen molar-refractivity contribution in [1.29, 1.82) is 0 Å². The van der Waals surface area contributed by atoms with E-state index in [4.69, 9.17) is 14.2 Å². The number of aromatic nitrogens is 2. The second-order valence-corrected chi connectivity index (χ2v) is 9.33. The summed E-state index contributed by atoms with van der Waals surface area (Å²) in [6.45, 7) is 1.63. The molecule has 0 saturated heterocycles. The maximum absolute atomic E-state index is 12.5. The lowest BCUT2D eigenvalue weighted by molar-refractivity contribution is -0.671. The number of pyridine rings is 1. The van der Waals surface area contributed by atoms with Crippen LogP contribution in [-0.2, 0) is 29.7 Å². The Morgan fingerprint density at radius 2 is 1.64 bits per heavy atom. The molecule has 0 aliphatic carbocycles. The van der Waals surface area contributed by atoms with Crippen LogP contribution in [0.1, 0.15) is 58.5 Å². The van der Waals surface area contributed by atoms with Crippen molar-refractivity contribution in [2.45, 2.75) is 45.3 Å². The van der Waals surface area contributed by atoms with Gasteiger partial charge in [0.2, 0.25) is 0 Å². The number of ether oxygens (including phenoxy) is 3. The van der Waals surface area contributed by atoms with Crippen molar-refractivity contribution in [3.8, 4) is 5.75 Å². The molecule has 8 heteroatoms. The molecule has 0 radical (unpaired) electrons. The van der Waals surface area contributed by atoms with Crippen LogP contribution in [0.3, 0.4) is 0 Å². The number of nitrogens with zero attached hydrogens (tertiary/aromatic N) is 2. The lowest BCUT2D eigenvalue weighted by Crippen LogP contribution is -3.00. The molecule has 7 nitrogen and oxygen atoms in total. The smallest absolute Gasteiger partial charge is 0.354 e. The number of rotatable bonds is 13. The van der Waals surface area contributed by atoms with Gasteiger partial charge in [-0.1, -0.05) is 49.6 Å². The third kappa shape index (κ3) is 8.54. The van der Waals surface area contributed by atoms with Gasteiger partial charge in [0, 0.05) is 23.5 Å². The Labute approximate surface area is 246 Å². The fraction of sp³-hybridized carbons (Fsp3) is 0.323. The molecule has 2 aromatic heterocycles. The van der Waals surface area contributed by atoms with Gasteiger partial charge in [0.1, 0.15) is 30.7 Å². The van der Waals surface area contributed by atoms with Gasteiger partial charge in [-0.3, -0.25) is 0 Å². The zero-order chi connectivity index (χ0) is 26.7. The summed E-state index contributed by atoms with van der Waals surface area (Å²) in [6, 6.07) is 21.4. The molecular formula is C31H35IN2O5. The first-order valence-electron chi connectivity index (χ1n) is 13.1. The number of hydrogen-bond donors (Lipinski definition) is 0. The van der Waals surface area contributed by atoms with E-state index in [1.807, 2.05) is 83.0 Å². The first kappa shape index (κ1) is 30.1. The fourth-order valence-electron chi connectivity index (χ4n) is 4.45. The molecule has 4 rings (SSSR count). The van der Waals surface area contributed by atoms with E-state index in [2.05, 4.69) is 0 Å². The topological polar surface area (TPSA) is 70.6 Å². The van der Waals surface area contributed by atoms with Crippen LogP contribution >= 0.6 is 0 Å². The van der Waals surface area contributed by atoms with Crippen LogP contribution in [0.4, 0.5) is 0 Å². The average Bonchev–Trinajstić information content (AvgIpc) is 3.31. The number of benzene rings is 2. The normalized spacial score (nSPS) is 10.6. The lowest BCUT2D eigenvalue weighted by atomic mass is 10.1. The Balaban J connectivity index is 0.00000420. The molecule has 0 aliphatic rings. The van der Waals surface area contributed by atoms with E-state index in [1.165, 1.54) is 7.11 Å². The Hall–Kier alpha value is -3.40. The molecule has 0 amide bonds. The summed E-state index contributed by atoms with van der Waals surface area (Å²) < 4.78 is 20.3. The van der Waals surface area contributed by atoms with Gasteiger partial charge < -0.3 is 42.8 Å². The van der Waals surface area contributed by atoms with E-state index in [-0.39, 0.29) is 35.9 Å². The number of carbonyl (C=O) groups is 2. The molecule has 0 N–H and O–H groups in total. The first-order chi connectivity index (χ1) is 18.5.